The van der Waals surface area contributed by atoms with Gasteiger partial charge < -0.3 is 29.6 Å². The minimum absolute atomic E-state index is 0.217. The number of nitrogens with zero attached hydrogens (tertiary/aromatic N) is 1. The summed E-state index contributed by atoms with van der Waals surface area (Å²) < 4.78 is 21.3. The largest absolute Gasteiger partial charge is 0.493 e. The van der Waals surface area contributed by atoms with Gasteiger partial charge in [0, 0.05) is 18.2 Å². The number of amides is 1. The zero-order chi connectivity index (χ0) is 27.7. The summed E-state index contributed by atoms with van der Waals surface area (Å²) >= 11 is 5.28. The number of carbonyl (C=O) groups excluding carboxylic acids is 3. The zero-order valence-corrected chi connectivity index (χ0v) is 22.1. The number of benzene rings is 2. The molecule has 0 spiro atoms. The Kier molecular flexibility index (Phi) is 9.77. The molecule has 1 atom stereocenters. The van der Waals surface area contributed by atoms with Crippen molar-refractivity contribution in [2.24, 2.45) is 5.10 Å². The average Bonchev–Trinajstić information content (AvgIpc) is 2.87. The summed E-state index contributed by atoms with van der Waals surface area (Å²) in [5.41, 5.74) is 4.53. The van der Waals surface area contributed by atoms with Crippen molar-refractivity contribution in [1.29, 1.82) is 0 Å². The molecule has 1 amide bonds. The first kappa shape index (κ1) is 28.1. The number of nitrogens with one attached hydrogen (secondary N) is 3. The van der Waals surface area contributed by atoms with Crippen LogP contribution in [0.2, 0.25) is 0 Å². The fraction of sp³-hybridized carbons (Fsp3) is 0.269. The Balaban J connectivity index is 1.68. The Morgan fingerprint density at radius 2 is 1.89 bits per heavy atom. The molecule has 200 valence electrons. The second-order valence-electron chi connectivity index (χ2n) is 7.91. The van der Waals surface area contributed by atoms with E-state index in [2.05, 4.69) is 21.2 Å². The Bertz CT molecular complexity index is 1290. The van der Waals surface area contributed by atoms with E-state index in [4.69, 9.17) is 31.2 Å². The van der Waals surface area contributed by atoms with Gasteiger partial charge in [0.25, 0.3) is 5.91 Å². The van der Waals surface area contributed by atoms with Crippen LogP contribution in [0, 0.1) is 0 Å². The molecule has 0 saturated carbocycles. The van der Waals surface area contributed by atoms with Crippen molar-refractivity contribution < 1.29 is 33.3 Å². The van der Waals surface area contributed by atoms with Gasteiger partial charge in [-0.25, -0.2) is 10.2 Å². The number of allylic oxidation sites excluding steroid dienone is 1. The number of methoxy groups -OCH3 is 1. The van der Waals surface area contributed by atoms with Gasteiger partial charge in [-0.1, -0.05) is 18.2 Å². The van der Waals surface area contributed by atoms with Crippen LogP contribution >= 0.6 is 12.2 Å². The molecule has 38 heavy (non-hydrogen) atoms. The van der Waals surface area contributed by atoms with Crippen molar-refractivity contribution in [1.82, 2.24) is 16.1 Å². The third kappa shape index (κ3) is 7.29. The van der Waals surface area contributed by atoms with E-state index in [1.54, 1.807) is 56.3 Å². The van der Waals surface area contributed by atoms with Gasteiger partial charge in [-0.05, 0) is 55.9 Å². The molecule has 0 aromatic heterocycles. The highest BCUT2D eigenvalue weighted by atomic mass is 32.1. The van der Waals surface area contributed by atoms with E-state index in [0.717, 1.165) is 0 Å². The minimum Gasteiger partial charge on any atom is -0.493 e. The highest BCUT2D eigenvalue weighted by molar-refractivity contribution is 7.80. The van der Waals surface area contributed by atoms with Crippen LogP contribution in [0.25, 0.3) is 0 Å². The van der Waals surface area contributed by atoms with Gasteiger partial charge in [0.05, 0.1) is 31.5 Å². The highest BCUT2D eigenvalue weighted by Gasteiger charge is 2.32. The summed E-state index contributed by atoms with van der Waals surface area (Å²) in [7, 11) is 1.44. The van der Waals surface area contributed by atoms with Gasteiger partial charge in [-0.3, -0.25) is 9.59 Å². The highest BCUT2D eigenvalue weighted by Crippen LogP contribution is 2.33. The SMILES string of the molecule is CCOC(=O)C1=C(C)NC(=S)N[C@H]1c1ccccc1OCC(=O)NN=Cc1ccc(OC(C)=O)c(OC)c1. The van der Waals surface area contributed by atoms with Crippen LogP contribution in [-0.4, -0.2) is 49.5 Å². The molecule has 0 fully saturated rings. The third-order valence-electron chi connectivity index (χ3n) is 5.20. The fourth-order valence-electron chi connectivity index (χ4n) is 3.62. The lowest BCUT2D eigenvalue weighted by Gasteiger charge is -2.30. The first-order chi connectivity index (χ1) is 18.2. The molecule has 0 radical (unpaired) electrons. The predicted molar refractivity (Wildman–Crippen MR) is 143 cm³/mol. The van der Waals surface area contributed by atoms with Crippen LogP contribution in [0.3, 0.4) is 0 Å². The Morgan fingerprint density at radius 3 is 2.61 bits per heavy atom. The molecule has 0 aliphatic carbocycles. The van der Waals surface area contributed by atoms with Gasteiger partial charge in [0.15, 0.2) is 23.2 Å². The normalized spacial score (nSPS) is 14.8. The van der Waals surface area contributed by atoms with E-state index < -0.39 is 23.9 Å². The van der Waals surface area contributed by atoms with Crippen molar-refractivity contribution in [3.05, 3.63) is 64.9 Å². The molecule has 1 aliphatic heterocycles. The Labute approximate surface area is 225 Å². The summed E-state index contributed by atoms with van der Waals surface area (Å²) in [6.45, 7) is 4.63. The average molecular weight is 541 g/mol. The summed E-state index contributed by atoms with van der Waals surface area (Å²) in [5, 5.41) is 10.3. The lowest BCUT2D eigenvalue weighted by Crippen LogP contribution is -2.45. The fourth-order valence-corrected chi connectivity index (χ4v) is 3.89. The molecule has 0 saturated heterocycles. The number of hydrazone groups is 1. The lowest BCUT2D eigenvalue weighted by molar-refractivity contribution is -0.139. The second kappa shape index (κ2) is 13.2. The number of hydrogen-bond acceptors (Lipinski definition) is 9. The lowest BCUT2D eigenvalue weighted by atomic mass is 9.95. The van der Waals surface area contributed by atoms with Gasteiger partial charge in [-0.15, -0.1) is 0 Å². The molecule has 11 nitrogen and oxygen atoms in total. The number of hydrogen-bond donors (Lipinski definition) is 3. The molecule has 2 aromatic rings. The number of esters is 2. The van der Waals surface area contributed by atoms with Crippen molar-refractivity contribution >= 4 is 41.4 Å². The molecular weight excluding hydrogens is 512 g/mol. The Hall–Kier alpha value is -4.45. The summed E-state index contributed by atoms with van der Waals surface area (Å²) in [6, 6.07) is 11.2. The maximum atomic E-state index is 12.7. The predicted octanol–water partition coefficient (Wildman–Crippen LogP) is 2.51. The first-order valence-corrected chi connectivity index (χ1v) is 12.0. The quantitative estimate of drug-likeness (QED) is 0.136. The first-order valence-electron chi connectivity index (χ1n) is 11.6. The number of ether oxygens (including phenoxy) is 4. The van der Waals surface area contributed by atoms with Crippen LogP contribution in [-0.2, 0) is 19.1 Å². The maximum absolute atomic E-state index is 12.7. The van der Waals surface area contributed by atoms with Crippen LogP contribution in [0.1, 0.15) is 37.9 Å². The van der Waals surface area contributed by atoms with Crippen LogP contribution in [0.5, 0.6) is 17.2 Å². The molecule has 3 N–H and O–H groups in total. The van der Waals surface area contributed by atoms with E-state index in [-0.39, 0.29) is 19.0 Å². The summed E-state index contributed by atoms with van der Waals surface area (Å²) in [6.07, 6.45) is 1.41. The van der Waals surface area contributed by atoms with Gasteiger partial charge >= 0.3 is 11.9 Å². The van der Waals surface area contributed by atoms with Gasteiger partial charge in [0.1, 0.15) is 5.75 Å². The molecule has 12 heteroatoms. The molecule has 1 heterocycles. The summed E-state index contributed by atoms with van der Waals surface area (Å²) in [4.78, 5) is 36.2. The second-order valence-corrected chi connectivity index (χ2v) is 8.32. The molecule has 2 aromatic carbocycles. The Morgan fingerprint density at radius 1 is 1.13 bits per heavy atom. The van der Waals surface area contributed by atoms with E-state index >= 15 is 0 Å². The number of rotatable bonds is 10. The number of para-hydroxylation sites is 1. The van der Waals surface area contributed by atoms with Crippen LogP contribution < -0.4 is 30.3 Å². The van der Waals surface area contributed by atoms with Crippen molar-refractivity contribution in [3.8, 4) is 17.2 Å². The molecule has 0 unspecified atom stereocenters. The van der Waals surface area contributed by atoms with E-state index in [0.29, 0.717) is 39.0 Å². The smallest absolute Gasteiger partial charge is 0.338 e. The minimum atomic E-state index is -0.634. The van der Waals surface area contributed by atoms with Crippen molar-refractivity contribution in [2.45, 2.75) is 26.8 Å². The van der Waals surface area contributed by atoms with Gasteiger partial charge in [0.2, 0.25) is 0 Å². The van der Waals surface area contributed by atoms with E-state index in [1.807, 2.05) is 0 Å². The molecule has 0 bridgehead atoms. The summed E-state index contributed by atoms with van der Waals surface area (Å²) in [5.74, 6) is -0.474. The topological polar surface area (TPSA) is 137 Å². The molecule has 1 aliphatic rings. The zero-order valence-electron chi connectivity index (χ0n) is 21.3. The van der Waals surface area contributed by atoms with Crippen molar-refractivity contribution in [3.63, 3.8) is 0 Å². The van der Waals surface area contributed by atoms with E-state index in [9.17, 15) is 14.4 Å². The van der Waals surface area contributed by atoms with Crippen LogP contribution in [0.4, 0.5) is 0 Å². The van der Waals surface area contributed by atoms with Crippen LogP contribution in [0.15, 0.2) is 58.8 Å². The number of carbonyl (C=O) groups is 3. The standard InChI is InChI=1S/C26H28N4O7S/c1-5-35-25(33)23-15(2)28-26(38)29-24(23)18-8-6-7-9-19(18)36-14-22(32)30-27-13-17-10-11-20(37-16(3)31)21(12-17)34-4/h6-13,24H,5,14H2,1-4H3,(H,30,32)(H2,28,29,38)/t24-/m0/s1. The monoisotopic (exact) mass is 540 g/mol. The molecule has 3 rings (SSSR count). The van der Waals surface area contributed by atoms with Crippen molar-refractivity contribution in [2.75, 3.05) is 20.3 Å². The van der Waals surface area contributed by atoms with E-state index in [1.165, 1.54) is 20.2 Å². The third-order valence-corrected chi connectivity index (χ3v) is 5.42. The maximum Gasteiger partial charge on any atom is 0.338 e. The molecular formula is C26H28N4O7S. The number of thiocarbonyl (C=S) groups is 1. The van der Waals surface area contributed by atoms with Gasteiger partial charge in [-0.2, -0.15) is 5.10 Å².